The molecule has 1 aromatic carbocycles. The van der Waals surface area contributed by atoms with Crippen molar-refractivity contribution in [3.05, 3.63) is 59.4 Å². The first kappa shape index (κ1) is 18.4. The van der Waals surface area contributed by atoms with Crippen molar-refractivity contribution in [2.24, 2.45) is 0 Å². The van der Waals surface area contributed by atoms with E-state index >= 15 is 0 Å². The molecule has 25 heavy (non-hydrogen) atoms. The van der Waals surface area contributed by atoms with Gasteiger partial charge in [-0.2, -0.15) is 0 Å². The Bertz CT molecular complexity index is 728. The summed E-state index contributed by atoms with van der Waals surface area (Å²) in [5, 5.41) is 11.7. The van der Waals surface area contributed by atoms with E-state index in [4.69, 9.17) is 14.6 Å². The average Bonchev–Trinajstić information content (AvgIpc) is 2.63. The molecule has 2 rings (SSSR count). The molecule has 0 spiro atoms. The molecule has 7 nitrogen and oxygen atoms in total. The Balaban J connectivity index is 2.08. The molecule has 0 bridgehead atoms. The van der Waals surface area contributed by atoms with Gasteiger partial charge in [0.1, 0.15) is 17.5 Å². The molecule has 1 heterocycles. The van der Waals surface area contributed by atoms with Crippen molar-refractivity contribution in [2.75, 3.05) is 14.2 Å². The van der Waals surface area contributed by atoms with E-state index in [0.717, 1.165) is 11.3 Å². The number of hydrogen-bond acceptors (Lipinski definition) is 5. The Labute approximate surface area is 145 Å². The van der Waals surface area contributed by atoms with Gasteiger partial charge < -0.3 is 19.9 Å². The summed E-state index contributed by atoms with van der Waals surface area (Å²) in [5.41, 5.74) is 1.06. The van der Waals surface area contributed by atoms with Crippen molar-refractivity contribution in [1.82, 2.24) is 10.3 Å². The number of carboxylic acids is 1. The standard InChI is InChI=1S/C18H20N2O5/c1-11(16(25-3)12-4-7-14(24-2)8-5-12)20-17(21)13-6-9-15(18(22)23)19-10-13/h4-11,16H,1-3H3,(H,20,21)(H,22,23). The lowest BCUT2D eigenvalue weighted by molar-refractivity contribution is 0.0643. The van der Waals surface area contributed by atoms with E-state index in [1.54, 1.807) is 14.2 Å². The van der Waals surface area contributed by atoms with Gasteiger partial charge in [-0.05, 0) is 36.8 Å². The lowest BCUT2D eigenvalue weighted by atomic mass is 10.0. The molecule has 0 aliphatic heterocycles. The number of amides is 1. The van der Waals surface area contributed by atoms with Crippen LogP contribution in [0, 0.1) is 0 Å². The summed E-state index contributed by atoms with van der Waals surface area (Å²) in [7, 11) is 3.16. The smallest absolute Gasteiger partial charge is 0.354 e. The van der Waals surface area contributed by atoms with E-state index in [1.165, 1.54) is 18.3 Å². The van der Waals surface area contributed by atoms with Crippen molar-refractivity contribution in [3.63, 3.8) is 0 Å². The van der Waals surface area contributed by atoms with Gasteiger partial charge in [-0.25, -0.2) is 9.78 Å². The van der Waals surface area contributed by atoms with Crippen molar-refractivity contribution in [3.8, 4) is 5.75 Å². The van der Waals surface area contributed by atoms with E-state index < -0.39 is 5.97 Å². The number of benzene rings is 1. The molecule has 0 aliphatic carbocycles. The molecule has 1 amide bonds. The van der Waals surface area contributed by atoms with Gasteiger partial charge in [-0.3, -0.25) is 4.79 Å². The molecular formula is C18H20N2O5. The second kappa shape index (κ2) is 8.25. The summed E-state index contributed by atoms with van der Waals surface area (Å²) >= 11 is 0. The zero-order valence-electron chi connectivity index (χ0n) is 14.2. The van der Waals surface area contributed by atoms with Crippen LogP contribution in [0.5, 0.6) is 5.75 Å². The third-order valence-electron chi connectivity index (χ3n) is 3.76. The molecule has 1 aromatic heterocycles. The summed E-state index contributed by atoms with van der Waals surface area (Å²) in [6.07, 6.45) is 0.891. The van der Waals surface area contributed by atoms with Gasteiger partial charge in [0.05, 0.1) is 18.7 Å². The molecule has 2 unspecified atom stereocenters. The minimum absolute atomic E-state index is 0.113. The van der Waals surface area contributed by atoms with Crippen LogP contribution in [0.4, 0.5) is 0 Å². The van der Waals surface area contributed by atoms with Crippen LogP contribution in [0.15, 0.2) is 42.6 Å². The maximum absolute atomic E-state index is 12.3. The summed E-state index contributed by atoms with van der Waals surface area (Å²) in [4.78, 5) is 26.9. The van der Waals surface area contributed by atoms with E-state index in [-0.39, 0.29) is 29.3 Å². The summed E-state index contributed by atoms with van der Waals surface area (Å²) in [6, 6.07) is 9.80. The van der Waals surface area contributed by atoms with Crippen molar-refractivity contribution in [1.29, 1.82) is 0 Å². The molecule has 2 N–H and O–H groups in total. The van der Waals surface area contributed by atoms with Gasteiger partial charge in [0.15, 0.2) is 0 Å². The van der Waals surface area contributed by atoms with E-state index in [0.29, 0.717) is 0 Å². The molecule has 132 valence electrons. The van der Waals surface area contributed by atoms with Crippen molar-refractivity contribution >= 4 is 11.9 Å². The summed E-state index contributed by atoms with van der Waals surface area (Å²) < 4.78 is 10.6. The number of carboxylic acid groups (broad SMARTS) is 1. The fraction of sp³-hybridized carbons (Fsp3) is 0.278. The van der Waals surface area contributed by atoms with E-state index in [2.05, 4.69) is 10.3 Å². The molecule has 0 aliphatic rings. The summed E-state index contributed by atoms with van der Waals surface area (Å²) in [5.74, 6) is -0.758. The molecule has 0 saturated carbocycles. The zero-order valence-corrected chi connectivity index (χ0v) is 14.2. The Kier molecular flexibility index (Phi) is 6.08. The molecule has 0 saturated heterocycles. The molecule has 0 radical (unpaired) electrons. The zero-order chi connectivity index (χ0) is 18.4. The monoisotopic (exact) mass is 344 g/mol. The number of rotatable bonds is 7. The molecule has 0 fully saturated rings. The van der Waals surface area contributed by atoms with Crippen molar-refractivity contribution in [2.45, 2.75) is 19.1 Å². The maximum Gasteiger partial charge on any atom is 0.354 e. The third kappa shape index (κ3) is 4.54. The van der Waals surface area contributed by atoms with Crippen LogP contribution in [0.25, 0.3) is 0 Å². The topological polar surface area (TPSA) is 97.8 Å². The minimum Gasteiger partial charge on any atom is -0.497 e. The third-order valence-corrected chi connectivity index (χ3v) is 3.76. The van der Waals surface area contributed by atoms with Crippen LogP contribution in [0.1, 0.15) is 39.4 Å². The van der Waals surface area contributed by atoms with Crippen LogP contribution in [0.3, 0.4) is 0 Å². The normalized spacial score (nSPS) is 12.9. The van der Waals surface area contributed by atoms with Crippen LogP contribution in [0.2, 0.25) is 0 Å². The summed E-state index contributed by atoms with van der Waals surface area (Å²) in [6.45, 7) is 1.83. The minimum atomic E-state index is -1.14. The Morgan fingerprint density at radius 1 is 1.12 bits per heavy atom. The van der Waals surface area contributed by atoms with Gasteiger partial charge in [0, 0.05) is 13.3 Å². The maximum atomic E-state index is 12.3. The highest BCUT2D eigenvalue weighted by Crippen LogP contribution is 2.23. The number of pyridine rings is 1. The quantitative estimate of drug-likeness (QED) is 0.800. The SMILES string of the molecule is COc1ccc(C(OC)C(C)NC(=O)c2ccc(C(=O)O)nc2)cc1. The molecule has 7 heteroatoms. The highest BCUT2D eigenvalue weighted by molar-refractivity contribution is 5.95. The lowest BCUT2D eigenvalue weighted by Crippen LogP contribution is -2.37. The number of nitrogens with one attached hydrogen (secondary N) is 1. The highest BCUT2D eigenvalue weighted by Gasteiger charge is 2.21. The Hall–Kier alpha value is -2.93. The number of nitrogens with zero attached hydrogens (tertiary/aromatic N) is 1. The van der Waals surface area contributed by atoms with Gasteiger partial charge in [-0.1, -0.05) is 12.1 Å². The largest absolute Gasteiger partial charge is 0.497 e. The van der Waals surface area contributed by atoms with Gasteiger partial charge in [0.25, 0.3) is 5.91 Å². The van der Waals surface area contributed by atoms with Gasteiger partial charge in [0.2, 0.25) is 0 Å². The van der Waals surface area contributed by atoms with Crippen molar-refractivity contribution < 1.29 is 24.2 Å². The lowest BCUT2D eigenvalue weighted by Gasteiger charge is -2.24. The first-order chi connectivity index (χ1) is 12.0. The number of ether oxygens (including phenoxy) is 2. The predicted molar refractivity (Wildman–Crippen MR) is 90.9 cm³/mol. The first-order valence-corrected chi connectivity index (χ1v) is 7.63. The fourth-order valence-corrected chi connectivity index (χ4v) is 2.44. The number of carbonyl (C=O) groups is 2. The number of carbonyl (C=O) groups excluding carboxylic acids is 1. The van der Waals surface area contributed by atoms with E-state index in [1.807, 2.05) is 31.2 Å². The van der Waals surface area contributed by atoms with E-state index in [9.17, 15) is 9.59 Å². The Morgan fingerprint density at radius 3 is 2.28 bits per heavy atom. The number of aromatic nitrogens is 1. The van der Waals surface area contributed by atoms with Crippen LogP contribution < -0.4 is 10.1 Å². The van der Waals surface area contributed by atoms with Gasteiger partial charge >= 0.3 is 5.97 Å². The molecule has 2 atom stereocenters. The average molecular weight is 344 g/mol. The van der Waals surface area contributed by atoms with Gasteiger partial charge in [-0.15, -0.1) is 0 Å². The number of hydrogen-bond donors (Lipinski definition) is 2. The number of methoxy groups -OCH3 is 2. The van der Waals surface area contributed by atoms with Crippen LogP contribution in [-0.4, -0.2) is 42.2 Å². The molecular weight excluding hydrogens is 324 g/mol. The Morgan fingerprint density at radius 2 is 1.80 bits per heavy atom. The predicted octanol–water partition coefficient (Wildman–Crippen LogP) is 2.29. The second-order valence-electron chi connectivity index (χ2n) is 5.43. The second-order valence-corrected chi connectivity index (χ2v) is 5.43. The highest BCUT2D eigenvalue weighted by atomic mass is 16.5. The molecule has 2 aromatic rings. The van der Waals surface area contributed by atoms with Crippen LogP contribution >= 0.6 is 0 Å². The number of aromatic carboxylic acids is 1. The first-order valence-electron chi connectivity index (χ1n) is 7.63. The fourth-order valence-electron chi connectivity index (χ4n) is 2.44. The van der Waals surface area contributed by atoms with Crippen LogP contribution in [-0.2, 0) is 4.74 Å².